The summed E-state index contributed by atoms with van der Waals surface area (Å²) in [4.78, 5) is 12.0. The summed E-state index contributed by atoms with van der Waals surface area (Å²) >= 11 is 0. The smallest absolute Gasteiger partial charge is 0.251 e. The highest BCUT2D eigenvalue weighted by atomic mass is 16.1. The molecule has 98 valence electrons. The lowest BCUT2D eigenvalue weighted by atomic mass is 10.1. The highest BCUT2D eigenvalue weighted by molar-refractivity contribution is 5.94. The van der Waals surface area contributed by atoms with Crippen molar-refractivity contribution in [1.29, 1.82) is 0 Å². The molecule has 0 saturated carbocycles. The highest BCUT2D eigenvalue weighted by Gasteiger charge is 2.17. The molecule has 1 amide bonds. The van der Waals surface area contributed by atoms with Gasteiger partial charge >= 0.3 is 0 Å². The average Bonchev–Trinajstić information content (AvgIpc) is 3.12. The van der Waals surface area contributed by atoms with Crippen molar-refractivity contribution < 1.29 is 4.79 Å². The first-order valence-corrected chi connectivity index (χ1v) is 6.44. The number of rotatable bonds is 3. The summed E-state index contributed by atoms with van der Waals surface area (Å²) in [6.45, 7) is 1.84. The van der Waals surface area contributed by atoms with E-state index in [1.807, 2.05) is 30.5 Å². The van der Waals surface area contributed by atoms with Crippen LogP contribution in [0.25, 0.3) is 11.1 Å². The van der Waals surface area contributed by atoms with Gasteiger partial charge in [-0.2, -0.15) is 5.10 Å². The first-order valence-electron chi connectivity index (χ1n) is 6.44. The summed E-state index contributed by atoms with van der Waals surface area (Å²) < 4.78 is 0. The van der Waals surface area contributed by atoms with Crippen LogP contribution in [0.2, 0.25) is 0 Å². The number of aromatic amines is 1. The third kappa shape index (κ3) is 2.66. The Bertz CT molecular complexity index is 541. The van der Waals surface area contributed by atoms with E-state index in [1.54, 1.807) is 6.20 Å². The number of amides is 1. The van der Waals surface area contributed by atoms with Crippen LogP contribution >= 0.6 is 0 Å². The molecule has 1 atom stereocenters. The van der Waals surface area contributed by atoms with Gasteiger partial charge in [-0.3, -0.25) is 9.89 Å². The van der Waals surface area contributed by atoms with Gasteiger partial charge in [-0.1, -0.05) is 12.1 Å². The zero-order valence-electron chi connectivity index (χ0n) is 10.5. The molecule has 0 spiro atoms. The summed E-state index contributed by atoms with van der Waals surface area (Å²) in [5.74, 6) is -0.00700. The SMILES string of the molecule is O=C(NC1CCNC1)c1ccc(-c2cn[nH]c2)cc1. The average molecular weight is 256 g/mol. The largest absolute Gasteiger partial charge is 0.348 e. The predicted octanol–water partition coefficient (Wildman–Crippen LogP) is 1.17. The Morgan fingerprint density at radius 3 is 2.74 bits per heavy atom. The molecule has 5 nitrogen and oxygen atoms in total. The van der Waals surface area contributed by atoms with Gasteiger partial charge in [0.05, 0.1) is 6.20 Å². The first kappa shape index (κ1) is 11.9. The van der Waals surface area contributed by atoms with Crippen molar-refractivity contribution in [3.05, 3.63) is 42.2 Å². The fourth-order valence-corrected chi connectivity index (χ4v) is 2.27. The molecule has 2 aromatic rings. The molecule has 19 heavy (non-hydrogen) atoms. The molecule has 0 radical (unpaired) electrons. The van der Waals surface area contributed by atoms with E-state index in [4.69, 9.17) is 0 Å². The molecular formula is C14H16N4O. The molecule has 1 aromatic carbocycles. The van der Waals surface area contributed by atoms with E-state index in [-0.39, 0.29) is 11.9 Å². The molecule has 1 saturated heterocycles. The molecule has 5 heteroatoms. The molecule has 1 aliphatic heterocycles. The summed E-state index contributed by atoms with van der Waals surface area (Å²) in [7, 11) is 0. The number of hydrogen-bond acceptors (Lipinski definition) is 3. The van der Waals surface area contributed by atoms with E-state index < -0.39 is 0 Å². The van der Waals surface area contributed by atoms with Crippen LogP contribution in [-0.2, 0) is 0 Å². The Morgan fingerprint density at radius 2 is 2.11 bits per heavy atom. The molecule has 3 N–H and O–H groups in total. The fourth-order valence-electron chi connectivity index (χ4n) is 2.27. The molecule has 3 rings (SSSR count). The van der Waals surface area contributed by atoms with Gasteiger partial charge in [-0.25, -0.2) is 0 Å². The van der Waals surface area contributed by atoms with Crippen LogP contribution in [0, 0.1) is 0 Å². The van der Waals surface area contributed by atoms with E-state index in [1.165, 1.54) is 0 Å². The second-order valence-electron chi connectivity index (χ2n) is 4.73. The van der Waals surface area contributed by atoms with Gasteiger partial charge < -0.3 is 10.6 Å². The van der Waals surface area contributed by atoms with Crippen LogP contribution in [0.15, 0.2) is 36.7 Å². The molecule has 1 aromatic heterocycles. The third-order valence-electron chi connectivity index (χ3n) is 3.37. The molecule has 0 aliphatic carbocycles. The zero-order chi connectivity index (χ0) is 13.1. The number of aromatic nitrogens is 2. The number of nitrogens with one attached hydrogen (secondary N) is 3. The van der Waals surface area contributed by atoms with Crippen molar-refractivity contribution in [2.45, 2.75) is 12.5 Å². The van der Waals surface area contributed by atoms with Crippen LogP contribution in [-0.4, -0.2) is 35.2 Å². The number of nitrogens with zero attached hydrogens (tertiary/aromatic N) is 1. The van der Waals surface area contributed by atoms with Gasteiger partial charge in [0.1, 0.15) is 0 Å². The lowest BCUT2D eigenvalue weighted by molar-refractivity contribution is 0.0940. The molecule has 0 bridgehead atoms. The van der Waals surface area contributed by atoms with Gasteiger partial charge in [0.25, 0.3) is 5.91 Å². The fraction of sp³-hybridized carbons (Fsp3) is 0.286. The minimum Gasteiger partial charge on any atom is -0.348 e. The van der Waals surface area contributed by atoms with Gasteiger partial charge in [-0.15, -0.1) is 0 Å². The van der Waals surface area contributed by atoms with Crippen molar-refractivity contribution in [3.8, 4) is 11.1 Å². The Balaban J connectivity index is 1.69. The lowest BCUT2D eigenvalue weighted by Crippen LogP contribution is -2.36. The van der Waals surface area contributed by atoms with Gasteiger partial charge in [0.2, 0.25) is 0 Å². The van der Waals surface area contributed by atoms with Crippen molar-refractivity contribution in [3.63, 3.8) is 0 Å². The minimum absolute atomic E-state index is 0.00700. The van der Waals surface area contributed by atoms with E-state index in [0.29, 0.717) is 5.56 Å². The van der Waals surface area contributed by atoms with Crippen LogP contribution < -0.4 is 10.6 Å². The number of hydrogen-bond donors (Lipinski definition) is 3. The molecule has 1 unspecified atom stereocenters. The number of carbonyl (C=O) groups is 1. The van der Waals surface area contributed by atoms with Crippen LogP contribution in [0.5, 0.6) is 0 Å². The Hall–Kier alpha value is -2.14. The Morgan fingerprint density at radius 1 is 1.26 bits per heavy atom. The van der Waals surface area contributed by atoms with E-state index >= 15 is 0 Å². The minimum atomic E-state index is -0.00700. The standard InChI is InChI=1S/C14H16N4O/c19-14(18-13-5-6-15-9-13)11-3-1-10(2-4-11)12-7-16-17-8-12/h1-4,7-8,13,15H,5-6,9H2,(H,16,17)(H,18,19). The predicted molar refractivity (Wildman–Crippen MR) is 72.8 cm³/mol. The van der Waals surface area contributed by atoms with E-state index in [9.17, 15) is 4.79 Å². The Kier molecular flexibility index (Phi) is 3.29. The summed E-state index contributed by atoms with van der Waals surface area (Å²) in [6, 6.07) is 7.82. The van der Waals surface area contributed by atoms with Crippen LogP contribution in [0.3, 0.4) is 0 Å². The van der Waals surface area contributed by atoms with E-state index in [0.717, 1.165) is 30.6 Å². The molecule has 1 aliphatic rings. The zero-order valence-corrected chi connectivity index (χ0v) is 10.5. The van der Waals surface area contributed by atoms with Crippen LogP contribution in [0.4, 0.5) is 0 Å². The number of benzene rings is 1. The van der Waals surface area contributed by atoms with Crippen LogP contribution in [0.1, 0.15) is 16.8 Å². The summed E-state index contributed by atoms with van der Waals surface area (Å²) in [5, 5.41) is 13.0. The van der Waals surface area contributed by atoms with Crippen molar-refractivity contribution in [1.82, 2.24) is 20.8 Å². The van der Waals surface area contributed by atoms with Gasteiger partial charge in [0, 0.05) is 29.9 Å². The van der Waals surface area contributed by atoms with Crippen molar-refractivity contribution >= 4 is 5.91 Å². The maximum Gasteiger partial charge on any atom is 0.251 e. The van der Waals surface area contributed by atoms with Gasteiger partial charge in [0.15, 0.2) is 0 Å². The maximum atomic E-state index is 12.0. The second-order valence-corrected chi connectivity index (χ2v) is 4.73. The maximum absolute atomic E-state index is 12.0. The molecular weight excluding hydrogens is 240 g/mol. The van der Waals surface area contributed by atoms with E-state index in [2.05, 4.69) is 20.8 Å². The van der Waals surface area contributed by atoms with Crippen molar-refractivity contribution in [2.24, 2.45) is 0 Å². The normalized spacial score (nSPS) is 18.4. The molecule has 1 fully saturated rings. The third-order valence-corrected chi connectivity index (χ3v) is 3.37. The Labute approximate surface area is 111 Å². The number of carbonyl (C=O) groups excluding carboxylic acids is 1. The summed E-state index contributed by atoms with van der Waals surface area (Å²) in [5.41, 5.74) is 2.76. The first-order chi connectivity index (χ1) is 9.33. The van der Waals surface area contributed by atoms with Crippen molar-refractivity contribution in [2.75, 3.05) is 13.1 Å². The highest BCUT2D eigenvalue weighted by Crippen LogP contribution is 2.18. The molecule has 2 heterocycles. The lowest BCUT2D eigenvalue weighted by Gasteiger charge is -2.11. The number of H-pyrrole nitrogens is 1. The monoisotopic (exact) mass is 256 g/mol. The van der Waals surface area contributed by atoms with Gasteiger partial charge in [-0.05, 0) is 30.7 Å². The topological polar surface area (TPSA) is 69.8 Å². The summed E-state index contributed by atoms with van der Waals surface area (Å²) in [6.07, 6.45) is 4.59. The second kappa shape index (κ2) is 5.24. The quantitative estimate of drug-likeness (QED) is 0.772.